The number of benzene rings is 3. The number of para-hydroxylation sites is 2. The molecule has 47 heteroatoms. The lowest BCUT2D eigenvalue weighted by molar-refractivity contribution is -0.149. The fourth-order valence-electron chi connectivity index (χ4n) is 18.6. The Morgan fingerprint density at radius 2 is 1.11 bits per heavy atom. The highest BCUT2D eigenvalue weighted by Crippen LogP contribution is 2.33. The third-order valence-corrected chi connectivity index (χ3v) is 28.1. The van der Waals surface area contributed by atoms with Crippen molar-refractivity contribution in [1.29, 1.82) is 0 Å². The van der Waals surface area contributed by atoms with Crippen molar-refractivity contribution in [2.75, 3.05) is 52.3 Å². The Balaban J connectivity index is 1.05. The van der Waals surface area contributed by atoms with Gasteiger partial charge in [-0.15, -0.1) is 11.8 Å². The number of aliphatic hydroxyl groups is 1. The average molecular weight is 2030 g/mol. The number of thioether (sulfide) groups is 1. The van der Waals surface area contributed by atoms with Gasteiger partial charge in [-0.25, -0.2) is 13.4 Å². The molecule has 778 valence electrons. The minimum atomic E-state index is -4.08. The Labute approximate surface area is 831 Å². The number of carboxylic acid groups (broad SMARTS) is 2. The number of aliphatic carboxylic acids is 2. The van der Waals surface area contributed by atoms with Crippen molar-refractivity contribution in [3.05, 3.63) is 120 Å². The topological polar surface area (TPSA) is 660 Å². The summed E-state index contributed by atoms with van der Waals surface area (Å²) in [4.78, 5) is 282. The SMILES string of the molecule is CCCC[C@H]1C(=O)N(C)[C@@H](CCCC)C(=O)N[C@@H](CC(C)C)C(=O)N[C@H](C(N)=O)C(C)(C)SCC(=O)N[C@@H](Cc2ccc(O)cc2)C(=O)N2CCCC[C@H]2C(=O)N[C@@H](CC(=O)O)C(=O)N2CCC[C@H]2C(=O)N[C@@H](Cc2cnc[nH]2)C(=O)N[C@@H](CCC(=O)O)C(=O)N2C[C@H](O)C[C@H]2C(=O)N[C@@H](Cc2c[nH]c3ccccc23)C(=O)N[C@@H](CCN)C(=O)N[C@@H](Cc2cn(CC(=O)NS(C)(=O)=O)c3ccccc23)C(=O)N1C. The Kier molecular flexibility index (Phi) is 39.6. The van der Waals surface area contributed by atoms with Crippen molar-refractivity contribution >= 4 is 150 Å². The standard InChI is InChI=1S/C96H133N21O24S2/c1-10-12-24-72-87(131)105-65(39-53(3)4)86(130)110-81(82(98)126)96(5,6)142-51-78(121)102-68(40-54-29-31-58(118)32-30-54)93(137)115-37-19-18-27-73(115)89(133)109-70(45-80(124)125)94(138)116-38-20-28-74(116)88(132)107-67(43-57-47-99-52-101-57)85(129)104-64(33-34-79(122)123)92(136)117-49-59(119)44-76(117)90(134)106-66(41-55-46-100-62-23-16-14-21-60(55)62)84(128)103-63(35-36-97)83(127)108-69(91(135)113(8)75(25-13-11-2)95(139)112(72)7)42-56-48-114(50-77(120)111-143(9,140)141)71-26-17-15-22-61(56)71/h14-17,21-23,26,29-32,46-48,52-53,59,63-70,72-76,81,100,118-119H,10-13,18-20,24-25,27-28,33-45,49-51,97H2,1-9H3,(H2,98,126)(H,99,101)(H,102,121)(H,103,128)(H,104,129)(H,105,131)(H,106,134)(H,107,132)(H,108,127)(H,109,133)(H,110,130)(H,111,120)(H,122,123)(H,124,125)/t59-,63+,64+,65+,66+,67+,68+,69+,70+,72+,73+,74+,75+,76+,81-/m1/s1. The first-order valence-corrected chi connectivity index (χ1v) is 51.0. The monoisotopic (exact) mass is 2030 g/mol. The number of fused-ring (bicyclic) bond motifs is 5. The second-order valence-electron chi connectivity index (χ2n) is 37.9. The average Bonchev–Trinajstić information content (AvgIpc) is 1.77. The number of rotatable bonds is 27. The van der Waals surface area contributed by atoms with Crippen molar-refractivity contribution < 1.29 is 115 Å². The summed E-state index contributed by atoms with van der Waals surface area (Å²) >= 11 is 0.840. The summed E-state index contributed by atoms with van der Waals surface area (Å²) in [5.41, 5.74) is 14.7. The number of nitrogens with two attached hydrogens (primary N) is 2. The molecule has 16 amide bonds. The van der Waals surface area contributed by atoms with Gasteiger partial charge in [0.2, 0.25) is 98.6 Å². The number of likely N-dealkylation sites (N-methyl/N-ethyl adjacent to an activating group) is 2. The van der Waals surface area contributed by atoms with E-state index >= 15 is 52.7 Å². The maximum absolute atomic E-state index is 16.1. The number of unbranched alkanes of at least 4 members (excludes halogenated alkanes) is 2. The lowest BCUT2D eigenvalue weighted by atomic mass is 9.97. The molecule has 0 unspecified atom stereocenters. The number of sulfonamides is 1. The molecule has 4 aliphatic rings. The number of aromatic amines is 2. The fraction of sp³-hybridized carbons (Fsp3) is 0.552. The molecule has 20 N–H and O–H groups in total. The van der Waals surface area contributed by atoms with Gasteiger partial charge in [0.25, 0.3) is 5.91 Å². The third kappa shape index (κ3) is 30.3. The smallest absolute Gasteiger partial charge is 0.305 e. The van der Waals surface area contributed by atoms with Gasteiger partial charge in [-0.1, -0.05) is 102 Å². The number of carbonyl (C=O) groups excluding carboxylic acids is 16. The van der Waals surface area contributed by atoms with Gasteiger partial charge in [0.1, 0.15) is 96.9 Å². The van der Waals surface area contributed by atoms with E-state index in [4.69, 9.17) is 11.5 Å². The number of aromatic hydroxyl groups is 1. The number of phenols is 1. The lowest BCUT2D eigenvalue weighted by Crippen LogP contribution is -2.62. The molecule has 3 aromatic heterocycles. The van der Waals surface area contributed by atoms with E-state index in [1.807, 2.05) is 18.6 Å². The minimum Gasteiger partial charge on any atom is -0.508 e. The van der Waals surface area contributed by atoms with E-state index in [1.165, 1.54) is 80.4 Å². The zero-order valence-electron chi connectivity index (χ0n) is 81.6. The quantitative estimate of drug-likeness (QED) is 0.0305. The largest absolute Gasteiger partial charge is 0.508 e. The summed E-state index contributed by atoms with van der Waals surface area (Å²) in [6.45, 7) is 8.38. The van der Waals surface area contributed by atoms with Gasteiger partial charge in [-0.2, -0.15) is 0 Å². The van der Waals surface area contributed by atoms with Crippen LogP contribution in [-0.4, -0.2) is 327 Å². The number of hydrogen-bond acceptors (Lipinski definition) is 25. The Morgan fingerprint density at radius 1 is 0.566 bits per heavy atom. The number of primary amides is 1. The van der Waals surface area contributed by atoms with E-state index in [2.05, 4.69) is 62.8 Å². The van der Waals surface area contributed by atoms with Gasteiger partial charge < -0.3 is 119 Å². The molecule has 4 fully saturated rings. The summed E-state index contributed by atoms with van der Waals surface area (Å²) in [5.74, 6) is -19.7. The van der Waals surface area contributed by atoms with E-state index in [-0.39, 0.29) is 107 Å². The predicted molar refractivity (Wildman–Crippen MR) is 522 cm³/mol. The number of nitrogens with zero attached hydrogens (tertiary/aromatic N) is 7. The second-order valence-corrected chi connectivity index (χ2v) is 41.3. The van der Waals surface area contributed by atoms with Crippen LogP contribution in [0.5, 0.6) is 5.75 Å². The third-order valence-electron chi connectivity index (χ3n) is 26.1. The predicted octanol–water partition coefficient (Wildman–Crippen LogP) is -0.626. The highest BCUT2D eigenvalue weighted by atomic mass is 32.2. The van der Waals surface area contributed by atoms with Gasteiger partial charge >= 0.3 is 11.9 Å². The molecule has 10 rings (SSSR count). The van der Waals surface area contributed by atoms with Crippen LogP contribution in [0.3, 0.4) is 0 Å². The molecule has 0 aliphatic carbocycles. The van der Waals surface area contributed by atoms with E-state index in [1.54, 1.807) is 68.6 Å². The van der Waals surface area contributed by atoms with E-state index < -0.39 is 269 Å². The number of H-pyrrole nitrogens is 2. The van der Waals surface area contributed by atoms with Crippen LogP contribution in [0.4, 0.5) is 0 Å². The molecular formula is C96H133N21O24S2. The Hall–Kier alpha value is -13.6. The molecule has 0 saturated carbocycles. The normalized spacial score (nSPS) is 25.0. The first-order chi connectivity index (χ1) is 67.8. The van der Waals surface area contributed by atoms with Gasteiger partial charge in [-0.05, 0) is 131 Å². The Morgan fingerprint density at radius 3 is 1.73 bits per heavy atom. The molecule has 3 aromatic carbocycles. The van der Waals surface area contributed by atoms with E-state index in [0.29, 0.717) is 65.0 Å². The van der Waals surface area contributed by atoms with Crippen LogP contribution in [0.2, 0.25) is 0 Å². The highest BCUT2D eigenvalue weighted by Gasteiger charge is 2.48. The number of aliphatic hydroxyl groups excluding tert-OH is 1. The molecule has 6 aromatic rings. The second kappa shape index (κ2) is 50.9. The first kappa shape index (κ1) is 111. The summed E-state index contributed by atoms with van der Waals surface area (Å²) in [7, 11) is -1.42. The number of phenolic OH excluding ortho intramolecular Hbond substituents is 1. The van der Waals surface area contributed by atoms with Crippen molar-refractivity contribution in [1.82, 2.24) is 96.6 Å². The molecule has 4 aliphatic heterocycles. The van der Waals surface area contributed by atoms with E-state index in [0.717, 1.165) is 37.6 Å². The highest BCUT2D eigenvalue weighted by molar-refractivity contribution is 8.01. The molecule has 45 nitrogen and oxygen atoms in total. The summed E-state index contributed by atoms with van der Waals surface area (Å²) in [6, 6.07) is -3.60. The number of nitrogens with one attached hydrogen (secondary N) is 12. The van der Waals surface area contributed by atoms with Crippen LogP contribution < -0.4 is 64.0 Å². The molecule has 0 bridgehead atoms. The van der Waals surface area contributed by atoms with Gasteiger partial charge in [-0.3, -0.25) is 91.0 Å². The Bertz CT molecular complexity index is 5740. The van der Waals surface area contributed by atoms with Crippen LogP contribution >= 0.6 is 11.8 Å². The zero-order chi connectivity index (χ0) is 105. The fourth-order valence-corrected chi connectivity index (χ4v) is 20.0. The minimum absolute atomic E-state index is 0.0107. The summed E-state index contributed by atoms with van der Waals surface area (Å²) in [6.07, 6.45) is 2.01. The summed E-state index contributed by atoms with van der Waals surface area (Å²) < 4.78 is 26.6. The number of carbonyl (C=O) groups is 18. The number of carboxylic acids is 2. The molecule has 15 atom stereocenters. The first-order valence-electron chi connectivity index (χ1n) is 48.1. The van der Waals surface area contributed by atoms with Crippen LogP contribution in [-0.2, 0) is 129 Å². The molecular weight excluding hydrogens is 1900 g/mol. The van der Waals surface area contributed by atoms with Crippen molar-refractivity contribution in [2.24, 2.45) is 17.4 Å². The maximum Gasteiger partial charge on any atom is 0.305 e. The number of aromatic nitrogens is 4. The zero-order valence-corrected chi connectivity index (χ0v) is 83.3. The number of piperidine rings is 1. The summed E-state index contributed by atoms with van der Waals surface area (Å²) in [5, 5.41) is 67.6. The molecule has 0 radical (unpaired) electrons. The van der Waals surface area contributed by atoms with Crippen LogP contribution in [0.15, 0.2) is 97.7 Å². The van der Waals surface area contributed by atoms with Crippen molar-refractivity contribution in [3.8, 4) is 5.75 Å². The maximum atomic E-state index is 16.1. The lowest BCUT2D eigenvalue weighted by Gasteiger charge is -2.38. The molecule has 0 spiro atoms. The number of amides is 16. The van der Waals surface area contributed by atoms with Gasteiger partial charge in [0.15, 0.2) is 0 Å². The van der Waals surface area contributed by atoms with Gasteiger partial charge in [0.05, 0.1) is 30.9 Å². The molecule has 7 heterocycles. The van der Waals surface area contributed by atoms with Crippen LogP contribution in [0.25, 0.3) is 21.8 Å². The molecule has 143 heavy (non-hydrogen) atoms. The van der Waals surface area contributed by atoms with Crippen LogP contribution in [0, 0.1) is 5.92 Å². The van der Waals surface area contributed by atoms with Crippen molar-refractivity contribution in [3.63, 3.8) is 0 Å². The van der Waals surface area contributed by atoms with Crippen molar-refractivity contribution in [2.45, 2.75) is 278 Å². The number of hydrogen-bond donors (Lipinski definition) is 18. The van der Waals surface area contributed by atoms with Crippen LogP contribution in [0.1, 0.15) is 173 Å². The molecule has 4 saturated heterocycles. The number of imidazole rings is 1. The van der Waals surface area contributed by atoms with Gasteiger partial charge in [0, 0.05) is 123 Å². The van der Waals surface area contributed by atoms with E-state index in [9.17, 15) is 62.4 Å².